The molecule has 0 aliphatic carbocycles. The van der Waals surface area contributed by atoms with Crippen LogP contribution in [0.2, 0.25) is 5.02 Å². The van der Waals surface area contributed by atoms with Crippen LogP contribution in [0.1, 0.15) is 10.4 Å². The average Bonchev–Trinajstić information content (AvgIpc) is 2.91. The van der Waals surface area contributed by atoms with Crippen LogP contribution >= 0.6 is 22.9 Å². The molecule has 0 aliphatic rings. The third-order valence-electron chi connectivity index (χ3n) is 2.92. The molecule has 0 fully saturated rings. The zero-order chi connectivity index (χ0) is 14.1. The van der Waals surface area contributed by atoms with Crippen LogP contribution < -0.4 is 5.56 Å². The summed E-state index contributed by atoms with van der Waals surface area (Å²) in [5.41, 5.74) is 0.860. The second kappa shape index (κ2) is 5.19. The maximum Gasteiger partial charge on any atom is 0.271 e. The summed E-state index contributed by atoms with van der Waals surface area (Å²) < 4.78 is 1.87. The number of fused-ring (bicyclic) bond motifs is 1. The lowest BCUT2D eigenvalue weighted by Crippen LogP contribution is -2.24. The van der Waals surface area contributed by atoms with Gasteiger partial charge in [0.05, 0.1) is 23.4 Å². The van der Waals surface area contributed by atoms with Gasteiger partial charge in [0.25, 0.3) is 5.56 Å². The van der Waals surface area contributed by atoms with Gasteiger partial charge in [-0.2, -0.15) is 0 Å². The van der Waals surface area contributed by atoms with Crippen LogP contribution in [-0.2, 0) is 6.54 Å². The first kappa shape index (κ1) is 13.0. The fourth-order valence-electron chi connectivity index (χ4n) is 1.92. The smallest absolute Gasteiger partial charge is 0.271 e. The minimum Gasteiger partial charge on any atom is -0.292 e. The number of rotatable bonds is 3. The predicted octanol–water partition coefficient (Wildman–Crippen LogP) is 2.99. The van der Waals surface area contributed by atoms with E-state index in [0.29, 0.717) is 20.8 Å². The fraction of sp³-hybridized carbons (Fsp3) is 0.0714. The lowest BCUT2D eigenvalue weighted by atomic mass is 10.1. The van der Waals surface area contributed by atoms with Gasteiger partial charge in [-0.3, -0.25) is 14.2 Å². The SMILES string of the molecule is O=C(Cn1cnc2ccsc2c1=O)c1ccccc1Cl. The van der Waals surface area contributed by atoms with E-state index in [1.807, 2.05) is 0 Å². The van der Waals surface area contributed by atoms with Gasteiger partial charge in [-0.15, -0.1) is 11.3 Å². The Labute approximate surface area is 123 Å². The first-order valence-electron chi connectivity index (χ1n) is 5.87. The number of carbonyl (C=O) groups excluding carboxylic acids is 1. The third kappa shape index (κ3) is 2.26. The van der Waals surface area contributed by atoms with Crippen molar-refractivity contribution in [1.29, 1.82) is 0 Å². The van der Waals surface area contributed by atoms with Crippen LogP contribution in [0.3, 0.4) is 0 Å². The van der Waals surface area contributed by atoms with Gasteiger partial charge >= 0.3 is 0 Å². The zero-order valence-electron chi connectivity index (χ0n) is 10.2. The molecule has 2 aromatic heterocycles. The molecule has 0 amide bonds. The molecule has 1 aromatic carbocycles. The number of Topliss-reactive ketones (excluding diaryl/α,β-unsaturated/α-hetero) is 1. The van der Waals surface area contributed by atoms with Gasteiger partial charge in [-0.25, -0.2) is 4.98 Å². The molecule has 6 heteroatoms. The van der Waals surface area contributed by atoms with Crippen LogP contribution in [0.5, 0.6) is 0 Å². The molecule has 3 rings (SSSR count). The van der Waals surface area contributed by atoms with Gasteiger partial charge in [-0.1, -0.05) is 23.7 Å². The van der Waals surface area contributed by atoms with Crippen LogP contribution in [0.15, 0.2) is 46.8 Å². The second-order valence-corrected chi connectivity index (χ2v) is 5.54. The molecule has 0 radical (unpaired) electrons. The van der Waals surface area contributed by atoms with E-state index in [4.69, 9.17) is 11.6 Å². The Kier molecular flexibility index (Phi) is 3.38. The largest absolute Gasteiger partial charge is 0.292 e. The van der Waals surface area contributed by atoms with E-state index in [1.54, 1.807) is 35.7 Å². The van der Waals surface area contributed by atoms with Crippen molar-refractivity contribution in [3.63, 3.8) is 0 Å². The van der Waals surface area contributed by atoms with Crippen molar-refractivity contribution in [3.8, 4) is 0 Å². The third-order valence-corrected chi connectivity index (χ3v) is 4.15. The molecule has 0 N–H and O–H groups in total. The highest BCUT2D eigenvalue weighted by Crippen LogP contribution is 2.17. The monoisotopic (exact) mass is 304 g/mol. The van der Waals surface area contributed by atoms with Crippen molar-refractivity contribution >= 4 is 38.9 Å². The predicted molar refractivity (Wildman–Crippen MR) is 79.7 cm³/mol. The minimum absolute atomic E-state index is 0.0661. The molecule has 0 saturated carbocycles. The quantitative estimate of drug-likeness (QED) is 0.699. The van der Waals surface area contributed by atoms with Crippen LogP contribution in [-0.4, -0.2) is 15.3 Å². The molecule has 100 valence electrons. The molecule has 20 heavy (non-hydrogen) atoms. The van der Waals surface area contributed by atoms with E-state index in [1.165, 1.54) is 22.2 Å². The topological polar surface area (TPSA) is 52.0 Å². The number of carbonyl (C=O) groups is 1. The van der Waals surface area contributed by atoms with E-state index in [0.717, 1.165) is 0 Å². The molecule has 0 bridgehead atoms. The summed E-state index contributed by atoms with van der Waals surface area (Å²) in [6.45, 7) is -0.0661. The Bertz CT molecular complexity index is 854. The number of nitrogens with zero attached hydrogens (tertiary/aromatic N) is 2. The molecule has 3 aromatic rings. The second-order valence-electron chi connectivity index (χ2n) is 4.22. The summed E-state index contributed by atoms with van der Waals surface area (Å²) in [5.74, 6) is -0.213. The number of thiophene rings is 1. The molecular weight excluding hydrogens is 296 g/mol. The molecule has 0 spiro atoms. The van der Waals surface area contributed by atoms with Crippen LogP contribution in [0, 0.1) is 0 Å². The highest BCUT2D eigenvalue weighted by atomic mass is 35.5. The molecular formula is C14H9ClN2O2S. The van der Waals surface area contributed by atoms with Crippen LogP contribution in [0.25, 0.3) is 10.2 Å². The van der Waals surface area contributed by atoms with Crippen molar-refractivity contribution in [3.05, 3.63) is 63.0 Å². The number of halogens is 1. The minimum atomic E-state index is -0.213. The number of hydrogen-bond donors (Lipinski definition) is 0. The Hall–Kier alpha value is -1.98. The number of ketones is 1. The Morgan fingerprint density at radius 1 is 1.30 bits per heavy atom. The van der Waals surface area contributed by atoms with Gasteiger partial charge in [0.1, 0.15) is 4.70 Å². The number of aromatic nitrogens is 2. The first-order chi connectivity index (χ1) is 9.66. The summed E-state index contributed by atoms with van der Waals surface area (Å²) in [6, 6.07) is 8.57. The van der Waals surface area contributed by atoms with E-state index < -0.39 is 0 Å². The highest BCUT2D eigenvalue weighted by Gasteiger charge is 2.13. The number of benzene rings is 1. The maximum atomic E-state index is 12.2. The van der Waals surface area contributed by atoms with Gasteiger partial charge < -0.3 is 0 Å². The Morgan fingerprint density at radius 2 is 2.10 bits per heavy atom. The van der Waals surface area contributed by atoms with Gasteiger partial charge in [0.15, 0.2) is 5.78 Å². The number of hydrogen-bond acceptors (Lipinski definition) is 4. The van der Waals surface area contributed by atoms with E-state index in [2.05, 4.69) is 4.98 Å². The van der Waals surface area contributed by atoms with Gasteiger partial charge in [0.2, 0.25) is 0 Å². The van der Waals surface area contributed by atoms with Crippen molar-refractivity contribution in [2.24, 2.45) is 0 Å². The average molecular weight is 305 g/mol. The molecule has 0 atom stereocenters. The van der Waals surface area contributed by atoms with E-state index in [9.17, 15) is 9.59 Å². The molecule has 0 saturated heterocycles. The summed E-state index contributed by atoms with van der Waals surface area (Å²) in [4.78, 5) is 28.5. The maximum absolute atomic E-state index is 12.2. The van der Waals surface area contributed by atoms with Crippen molar-refractivity contribution in [2.75, 3.05) is 0 Å². The Balaban J connectivity index is 1.97. The summed E-state index contributed by atoms with van der Waals surface area (Å²) in [5, 5.41) is 2.19. The van der Waals surface area contributed by atoms with Crippen LogP contribution in [0.4, 0.5) is 0 Å². The Morgan fingerprint density at radius 3 is 2.90 bits per heavy atom. The molecule has 4 nitrogen and oxygen atoms in total. The van der Waals surface area contributed by atoms with Crippen molar-refractivity contribution in [1.82, 2.24) is 9.55 Å². The first-order valence-corrected chi connectivity index (χ1v) is 7.13. The summed E-state index contributed by atoms with van der Waals surface area (Å²) >= 11 is 7.30. The summed E-state index contributed by atoms with van der Waals surface area (Å²) in [7, 11) is 0. The molecule has 2 heterocycles. The fourth-order valence-corrected chi connectivity index (χ4v) is 2.95. The van der Waals surface area contributed by atoms with Gasteiger partial charge in [-0.05, 0) is 23.6 Å². The molecule has 0 aliphatic heterocycles. The zero-order valence-corrected chi connectivity index (χ0v) is 11.8. The van der Waals surface area contributed by atoms with Crippen molar-refractivity contribution in [2.45, 2.75) is 6.54 Å². The summed E-state index contributed by atoms with van der Waals surface area (Å²) in [6.07, 6.45) is 1.39. The highest BCUT2D eigenvalue weighted by molar-refractivity contribution is 7.17. The van der Waals surface area contributed by atoms with E-state index >= 15 is 0 Å². The standard InChI is InChI=1S/C14H9ClN2O2S/c15-10-4-2-1-3-9(10)12(18)7-17-8-16-11-5-6-20-13(11)14(17)19/h1-6,8H,7H2. The normalized spacial score (nSPS) is 10.8. The molecule has 0 unspecified atom stereocenters. The lowest BCUT2D eigenvalue weighted by molar-refractivity contribution is 0.0971. The van der Waals surface area contributed by atoms with E-state index in [-0.39, 0.29) is 17.9 Å². The lowest BCUT2D eigenvalue weighted by Gasteiger charge is -2.05. The van der Waals surface area contributed by atoms with Gasteiger partial charge in [0, 0.05) is 5.56 Å². The van der Waals surface area contributed by atoms with Crippen molar-refractivity contribution < 1.29 is 4.79 Å².